The number of hydrogen-bond acceptors (Lipinski definition) is 4. The SMILES string of the molecule is CC1C(=O)N(C)N=C1c1ccc(S(C)(=O)=O)cc1. The summed E-state index contributed by atoms with van der Waals surface area (Å²) in [5.74, 6) is -0.351. The first-order chi connectivity index (χ1) is 8.30. The van der Waals surface area contributed by atoms with Crippen LogP contribution in [-0.4, -0.2) is 38.3 Å². The Morgan fingerprint density at radius 2 is 1.78 bits per heavy atom. The minimum Gasteiger partial charge on any atom is -0.272 e. The molecule has 0 saturated heterocycles. The topological polar surface area (TPSA) is 66.8 Å². The van der Waals surface area contributed by atoms with Gasteiger partial charge in [0.15, 0.2) is 9.84 Å². The zero-order chi connectivity index (χ0) is 13.5. The van der Waals surface area contributed by atoms with E-state index in [1.54, 1.807) is 26.1 Å². The number of benzene rings is 1. The molecule has 5 nitrogen and oxygen atoms in total. The summed E-state index contributed by atoms with van der Waals surface area (Å²) < 4.78 is 22.7. The van der Waals surface area contributed by atoms with Crippen molar-refractivity contribution in [2.24, 2.45) is 11.0 Å². The number of hydrogen-bond donors (Lipinski definition) is 0. The van der Waals surface area contributed by atoms with Crippen LogP contribution in [0.3, 0.4) is 0 Å². The highest BCUT2D eigenvalue weighted by atomic mass is 32.2. The maximum atomic E-state index is 11.6. The molecule has 1 atom stereocenters. The third-order valence-electron chi connectivity index (χ3n) is 2.94. The number of hydrazone groups is 1. The molecule has 6 heteroatoms. The predicted molar refractivity (Wildman–Crippen MR) is 68.0 cm³/mol. The van der Waals surface area contributed by atoms with Crippen LogP contribution in [0.4, 0.5) is 0 Å². The van der Waals surface area contributed by atoms with Gasteiger partial charge >= 0.3 is 0 Å². The van der Waals surface area contributed by atoms with Crippen LogP contribution in [0.15, 0.2) is 34.3 Å². The normalized spacial score (nSPS) is 20.2. The monoisotopic (exact) mass is 266 g/mol. The second-order valence-corrected chi connectivity index (χ2v) is 6.38. The maximum absolute atomic E-state index is 11.6. The molecule has 1 amide bonds. The van der Waals surface area contributed by atoms with Gasteiger partial charge in [-0.2, -0.15) is 5.10 Å². The molecule has 1 heterocycles. The first kappa shape index (κ1) is 12.8. The van der Waals surface area contributed by atoms with Crippen molar-refractivity contribution in [3.8, 4) is 0 Å². The Bertz CT molecular complexity index is 617. The fourth-order valence-corrected chi connectivity index (χ4v) is 2.51. The number of carbonyl (C=O) groups is 1. The predicted octanol–water partition coefficient (Wildman–Crippen LogP) is 0.902. The lowest BCUT2D eigenvalue weighted by Gasteiger charge is -2.05. The Balaban J connectivity index is 2.37. The quantitative estimate of drug-likeness (QED) is 0.799. The fraction of sp³-hybridized carbons (Fsp3) is 0.333. The minimum atomic E-state index is -3.20. The Labute approximate surface area is 106 Å². The molecule has 0 radical (unpaired) electrons. The highest BCUT2D eigenvalue weighted by Crippen LogP contribution is 2.20. The van der Waals surface area contributed by atoms with Crippen molar-refractivity contribution in [2.75, 3.05) is 13.3 Å². The van der Waals surface area contributed by atoms with Gasteiger partial charge in [0, 0.05) is 13.3 Å². The van der Waals surface area contributed by atoms with Crippen molar-refractivity contribution in [1.82, 2.24) is 5.01 Å². The molecule has 0 saturated carbocycles. The molecule has 0 spiro atoms. The van der Waals surface area contributed by atoms with Crippen molar-refractivity contribution in [1.29, 1.82) is 0 Å². The first-order valence-corrected chi connectivity index (χ1v) is 7.36. The van der Waals surface area contributed by atoms with Crippen molar-refractivity contribution in [3.63, 3.8) is 0 Å². The summed E-state index contributed by atoms with van der Waals surface area (Å²) in [5.41, 5.74) is 1.44. The van der Waals surface area contributed by atoms with Crippen LogP contribution < -0.4 is 0 Å². The van der Waals surface area contributed by atoms with Crippen molar-refractivity contribution in [3.05, 3.63) is 29.8 Å². The third-order valence-corrected chi connectivity index (χ3v) is 4.06. The summed E-state index contributed by atoms with van der Waals surface area (Å²) >= 11 is 0. The van der Waals surface area contributed by atoms with Gasteiger partial charge in [-0.25, -0.2) is 13.4 Å². The molecular formula is C12H14N2O3S. The molecule has 0 aliphatic carbocycles. The lowest BCUT2D eigenvalue weighted by atomic mass is 9.99. The van der Waals surface area contributed by atoms with Crippen LogP contribution in [0, 0.1) is 5.92 Å². The molecule has 2 rings (SSSR count). The number of sulfone groups is 1. The van der Waals surface area contributed by atoms with Crippen molar-refractivity contribution >= 4 is 21.5 Å². The van der Waals surface area contributed by atoms with Crippen LogP contribution >= 0.6 is 0 Å². The van der Waals surface area contributed by atoms with Crippen LogP contribution in [0.5, 0.6) is 0 Å². The van der Waals surface area contributed by atoms with Crippen LogP contribution in [0.2, 0.25) is 0 Å². The van der Waals surface area contributed by atoms with Gasteiger partial charge in [0.2, 0.25) is 0 Å². The number of amides is 1. The van der Waals surface area contributed by atoms with E-state index in [0.717, 1.165) is 11.8 Å². The summed E-state index contributed by atoms with van der Waals surface area (Å²) in [7, 11) is -1.59. The largest absolute Gasteiger partial charge is 0.272 e. The van der Waals surface area contributed by atoms with E-state index in [0.29, 0.717) is 5.71 Å². The van der Waals surface area contributed by atoms with E-state index < -0.39 is 9.84 Å². The Morgan fingerprint density at radius 1 is 1.22 bits per heavy atom. The van der Waals surface area contributed by atoms with E-state index in [9.17, 15) is 13.2 Å². The van der Waals surface area contributed by atoms with Gasteiger partial charge in [0.25, 0.3) is 5.91 Å². The van der Waals surface area contributed by atoms with Crippen LogP contribution in [0.1, 0.15) is 12.5 Å². The highest BCUT2D eigenvalue weighted by Gasteiger charge is 2.30. The smallest absolute Gasteiger partial charge is 0.251 e. The zero-order valence-electron chi connectivity index (χ0n) is 10.4. The first-order valence-electron chi connectivity index (χ1n) is 5.47. The van der Waals surface area contributed by atoms with Crippen molar-refractivity contribution in [2.45, 2.75) is 11.8 Å². The summed E-state index contributed by atoms with van der Waals surface area (Å²) in [5, 5.41) is 5.47. The second kappa shape index (κ2) is 4.20. The molecule has 1 unspecified atom stereocenters. The Morgan fingerprint density at radius 3 is 2.17 bits per heavy atom. The summed E-state index contributed by atoms with van der Waals surface area (Å²) in [6.07, 6.45) is 1.16. The molecule has 1 aromatic carbocycles. The van der Waals surface area contributed by atoms with E-state index in [1.807, 2.05) is 0 Å². The lowest BCUT2D eigenvalue weighted by Crippen LogP contribution is -2.22. The van der Waals surface area contributed by atoms with E-state index in [4.69, 9.17) is 0 Å². The second-order valence-electron chi connectivity index (χ2n) is 4.37. The van der Waals surface area contributed by atoms with Gasteiger partial charge < -0.3 is 0 Å². The van der Waals surface area contributed by atoms with Gasteiger partial charge in [-0.3, -0.25) is 4.79 Å². The molecule has 1 aliphatic heterocycles. The third kappa shape index (κ3) is 2.15. The van der Waals surface area contributed by atoms with Gasteiger partial charge in [0.1, 0.15) is 0 Å². The number of carbonyl (C=O) groups excluding carboxylic acids is 1. The Kier molecular flexibility index (Phi) is 2.98. The summed E-state index contributed by atoms with van der Waals surface area (Å²) in [6, 6.07) is 6.42. The zero-order valence-corrected chi connectivity index (χ0v) is 11.2. The molecule has 1 aromatic rings. The van der Waals surface area contributed by atoms with E-state index >= 15 is 0 Å². The molecule has 0 fully saturated rings. The standard InChI is InChI=1S/C12H14N2O3S/c1-8-11(13-14(2)12(8)15)9-4-6-10(7-5-9)18(3,16)17/h4-8H,1-3H3. The summed E-state index contributed by atoms with van der Waals surface area (Å²) in [4.78, 5) is 11.9. The van der Waals surface area contributed by atoms with E-state index in [1.165, 1.54) is 17.1 Å². The molecule has 1 aliphatic rings. The molecule has 96 valence electrons. The average Bonchev–Trinajstić information content (AvgIpc) is 2.56. The average molecular weight is 266 g/mol. The summed E-state index contributed by atoms with van der Waals surface area (Å²) in [6.45, 7) is 1.79. The molecule has 18 heavy (non-hydrogen) atoms. The van der Waals surface area contributed by atoms with Gasteiger partial charge in [0.05, 0.1) is 16.5 Å². The van der Waals surface area contributed by atoms with E-state index in [2.05, 4.69) is 5.10 Å². The molecule has 0 N–H and O–H groups in total. The lowest BCUT2D eigenvalue weighted by molar-refractivity contribution is -0.130. The Hall–Kier alpha value is -1.69. The molecule has 0 bridgehead atoms. The van der Waals surface area contributed by atoms with Gasteiger partial charge in [-0.1, -0.05) is 12.1 Å². The fourth-order valence-electron chi connectivity index (χ4n) is 1.88. The minimum absolute atomic E-state index is 0.0582. The number of rotatable bonds is 2. The van der Waals surface area contributed by atoms with Crippen LogP contribution in [0.25, 0.3) is 0 Å². The highest BCUT2D eigenvalue weighted by molar-refractivity contribution is 7.90. The van der Waals surface area contributed by atoms with Gasteiger partial charge in [-0.15, -0.1) is 0 Å². The molecular weight excluding hydrogens is 252 g/mol. The number of nitrogens with zero attached hydrogens (tertiary/aromatic N) is 2. The van der Waals surface area contributed by atoms with Crippen molar-refractivity contribution < 1.29 is 13.2 Å². The maximum Gasteiger partial charge on any atom is 0.251 e. The van der Waals surface area contributed by atoms with Crippen LogP contribution in [-0.2, 0) is 14.6 Å². The van der Waals surface area contributed by atoms with E-state index in [-0.39, 0.29) is 16.7 Å². The van der Waals surface area contributed by atoms with Gasteiger partial charge in [-0.05, 0) is 24.6 Å². The molecule has 0 aromatic heterocycles.